The lowest BCUT2D eigenvalue weighted by atomic mass is 10.0. The van der Waals surface area contributed by atoms with Crippen LogP contribution in [0.1, 0.15) is 99.9 Å². The van der Waals surface area contributed by atoms with E-state index in [0.717, 1.165) is 38.5 Å². The van der Waals surface area contributed by atoms with Crippen LogP contribution in [0.15, 0.2) is 91.1 Å². The number of anilines is 1. The van der Waals surface area contributed by atoms with Crippen molar-refractivity contribution < 1.29 is 33.9 Å². The molecule has 0 saturated carbocycles. The number of imide groups is 1. The molecule has 0 spiro atoms. The van der Waals surface area contributed by atoms with Crippen LogP contribution in [0.5, 0.6) is 0 Å². The molecule has 1 fully saturated rings. The van der Waals surface area contributed by atoms with Crippen molar-refractivity contribution in [1.82, 2.24) is 15.5 Å². The van der Waals surface area contributed by atoms with Crippen LogP contribution in [0.2, 0.25) is 0 Å². The van der Waals surface area contributed by atoms with Gasteiger partial charge < -0.3 is 20.6 Å². The van der Waals surface area contributed by atoms with E-state index in [1.54, 1.807) is 18.2 Å². The summed E-state index contributed by atoms with van der Waals surface area (Å²) in [5.74, 6) is -3.42. The summed E-state index contributed by atoms with van der Waals surface area (Å²) in [6.45, 7) is 2.21. The lowest BCUT2D eigenvalue weighted by Gasteiger charge is -2.29. The second-order valence-corrected chi connectivity index (χ2v) is 12.2. The number of carbonyl (C=O) groups is 6. The van der Waals surface area contributed by atoms with E-state index in [4.69, 9.17) is 0 Å². The van der Waals surface area contributed by atoms with Gasteiger partial charge >= 0.3 is 5.97 Å². The van der Waals surface area contributed by atoms with Crippen LogP contribution < -0.4 is 16.0 Å². The van der Waals surface area contributed by atoms with E-state index in [9.17, 15) is 33.9 Å². The van der Waals surface area contributed by atoms with Gasteiger partial charge in [-0.2, -0.15) is 0 Å². The average Bonchev–Trinajstić information content (AvgIpc) is 3.44. The number of carboxylic acid groups (broad SMARTS) is 1. The Morgan fingerprint density at radius 1 is 0.843 bits per heavy atom. The molecule has 2 aliphatic heterocycles. The Labute approximate surface area is 300 Å². The Hall–Kier alpha value is -5.32. The van der Waals surface area contributed by atoms with Gasteiger partial charge in [0.05, 0.1) is 0 Å². The van der Waals surface area contributed by atoms with E-state index in [-0.39, 0.29) is 50.5 Å². The molecule has 3 rings (SSSR count). The third-order valence-corrected chi connectivity index (χ3v) is 8.28. The van der Waals surface area contributed by atoms with Gasteiger partial charge in [0.15, 0.2) is 0 Å². The number of benzene rings is 1. The zero-order valence-corrected chi connectivity index (χ0v) is 29.4. The van der Waals surface area contributed by atoms with Crippen molar-refractivity contribution in [1.29, 1.82) is 0 Å². The number of fused-ring (bicyclic) bond motifs is 1. The number of amides is 5. The van der Waals surface area contributed by atoms with Crippen molar-refractivity contribution in [2.75, 3.05) is 5.32 Å². The number of rotatable bonds is 21. The summed E-state index contributed by atoms with van der Waals surface area (Å²) in [6, 6.07) is 2.82. The minimum absolute atomic E-state index is 0.0848. The predicted molar refractivity (Wildman–Crippen MR) is 197 cm³/mol. The zero-order valence-electron chi connectivity index (χ0n) is 29.4. The summed E-state index contributed by atoms with van der Waals surface area (Å²) in [5, 5.41) is 17.1. The number of nitrogens with one attached hydrogen (secondary N) is 3. The molecular weight excluding hydrogens is 648 g/mol. The van der Waals surface area contributed by atoms with Gasteiger partial charge in [0.25, 0.3) is 5.91 Å². The molecule has 0 aromatic heterocycles. The highest BCUT2D eigenvalue weighted by molar-refractivity contribution is 6.06. The Kier molecular flexibility index (Phi) is 17.6. The second kappa shape index (κ2) is 22.4. The Morgan fingerprint density at radius 3 is 2.00 bits per heavy atom. The summed E-state index contributed by atoms with van der Waals surface area (Å²) >= 11 is 0. The third-order valence-electron chi connectivity index (χ3n) is 8.28. The molecule has 51 heavy (non-hydrogen) atoms. The fraction of sp³-hybridized carbons (Fsp3) is 0.400. The van der Waals surface area contributed by atoms with Gasteiger partial charge in [-0.05, 0) is 69.9 Å². The summed E-state index contributed by atoms with van der Waals surface area (Å²) in [5.41, 5.74) is 1.27. The Balaban J connectivity index is 1.32. The topological polar surface area (TPSA) is 162 Å². The van der Waals surface area contributed by atoms with Crippen molar-refractivity contribution >= 4 is 41.2 Å². The minimum atomic E-state index is -1.24. The van der Waals surface area contributed by atoms with E-state index in [1.165, 1.54) is 4.90 Å². The molecule has 1 aromatic carbocycles. The van der Waals surface area contributed by atoms with Crippen LogP contribution in [0.3, 0.4) is 0 Å². The van der Waals surface area contributed by atoms with E-state index >= 15 is 0 Å². The van der Waals surface area contributed by atoms with E-state index in [2.05, 4.69) is 83.6 Å². The van der Waals surface area contributed by atoms with E-state index in [0.29, 0.717) is 23.2 Å². The smallest absolute Gasteiger partial charge is 0.326 e. The molecule has 1 aromatic rings. The van der Waals surface area contributed by atoms with Gasteiger partial charge in [-0.25, -0.2) is 4.79 Å². The summed E-state index contributed by atoms with van der Waals surface area (Å²) in [7, 11) is 0. The molecule has 4 N–H and O–H groups in total. The third kappa shape index (κ3) is 14.2. The van der Waals surface area contributed by atoms with Crippen molar-refractivity contribution in [3.8, 4) is 0 Å². The molecule has 1 saturated heterocycles. The minimum Gasteiger partial charge on any atom is -0.480 e. The van der Waals surface area contributed by atoms with E-state index < -0.39 is 35.8 Å². The molecule has 2 heterocycles. The summed E-state index contributed by atoms with van der Waals surface area (Å²) < 4.78 is 0. The molecule has 11 heteroatoms. The fourth-order valence-electron chi connectivity index (χ4n) is 5.57. The second-order valence-electron chi connectivity index (χ2n) is 12.2. The van der Waals surface area contributed by atoms with Crippen molar-refractivity contribution in [2.45, 2.75) is 103 Å². The van der Waals surface area contributed by atoms with E-state index in [1.807, 2.05) is 12.2 Å². The Bertz CT molecular complexity index is 1570. The van der Waals surface area contributed by atoms with Crippen LogP contribution in [0, 0.1) is 0 Å². The zero-order chi connectivity index (χ0) is 36.8. The molecule has 0 aliphatic carbocycles. The first-order valence-corrected chi connectivity index (χ1v) is 17.7. The maximum Gasteiger partial charge on any atom is 0.326 e. The highest BCUT2D eigenvalue weighted by Crippen LogP contribution is 2.32. The number of aliphatic carboxylic acids is 1. The molecule has 1 unspecified atom stereocenters. The van der Waals surface area contributed by atoms with Gasteiger partial charge in [0.1, 0.15) is 12.1 Å². The number of carbonyl (C=O) groups excluding carboxylic acids is 5. The van der Waals surface area contributed by atoms with Crippen molar-refractivity contribution in [3.05, 3.63) is 102 Å². The quantitative estimate of drug-likeness (QED) is 0.0876. The molecule has 11 nitrogen and oxygen atoms in total. The molecule has 0 radical (unpaired) electrons. The molecule has 272 valence electrons. The Morgan fingerprint density at radius 2 is 1.43 bits per heavy atom. The number of piperidine rings is 1. The molecule has 2 atom stereocenters. The maximum absolute atomic E-state index is 13.0. The first-order chi connectivity index (χ1) is 24.7. The SMILES string of the molecule is CC/C=C\C/C=C\C/C=C\C/C=C\C/C=C\C/C=C\CCC(=O)N[C@@H](CCC(=O)Nc1cccc2c1CN(C1CCC(=O)NC1=O)C2=O)C(=O)O. The van der Waals surface area contributed by atoms with Crippen LogP contribution in [0.4, 0.5) is 5.69 Å². The lowest BCUT2D eigenvalue weighted by Crippen LogP contribution is -2.52. The molecule has 0 bridgehead atoms. The maximum atomic E-state index is 13.0. The molecule has 5 amide bonds. The van der Waals surface area contributed by atoms with Gasteiger partial charge in [-0.3, -0.25) is 29.3 Å². The standard InChI is InChI=1S/C40H50N4O7/c1-2-3-4-5-6-7-8-9-10-11-12-13-14-15-16-17-18-19-20-24-35(45)42-33(40(50)51)25-27-36(46)41-32-23-21-22-30-31(32)29-44(39(30)49)34-26-28-37(47)43-38(34)48/h3-4,6-7,9-10,12-13,15-16,18-19,21-23,33-34H,2,5,8,11,14,17,20,24-29H2,1H3,(H,41,46)(H,42,45)(H,50,51)(H,43,47,48)/b4-3-,7-6-,10-9-,13-12-,16-15-,19-18-/t33-,34?/m0/s1. The summed E-state index contributed by atoms with van der Waals surface area (Å²) in [4.78, 5) is 75.3. The van der Waals surface area contributed by atoms with Gasteiger partial charge in [-0.15, -0.1) is 0 Å². The van der Waals surface area contributed by atoms with Crippen molar-refractivity contribution in [3.63, 3.8) is 0 Å². The number of hydrogen-bond donors (Lipinski definition) is 4. The first kappa shape index (κ1) is 40.1. The van der Waals surface area contributed by atoms with Gasteiger partial charge in [0.2, 0.25) is 23.6 Å². The monoisotopic (exact) mass is 698 g/mol. The highest BCUT2D eigenvalue weighted by Gasteiger charge is 2.40. The lowest BCUT2D eigenvalue weighted by molar-refractivity contribution is -0.142. The van der Waals surface area contributed by atoms with Crippen LogP contribution in [-0.4, -0.2) is 57.6 Å². The number of hydrogen-bond acceptors (Lipinski definition) is 6. The van der Waals surface area contributed by atoms with Gasteiger partial charge in [-0.1, -0.05) is 85.9 Å². The number of nitrogens with zero attached hydrogens (tertiary/aromatic N) is 1. The van der Waals surface area contributed by atoms with Crippen LogP contribution in [0.25, 0.3) is 0 Å². The summed E-state index contributed by atoms with van der Waals surface area (Å²) in [6.07, 6.45) is 31.3. The highest BCUT2D eigenvalue weighted by atomic mass is 16.4. The molecule has 2 aliphatic rings. The van der Waals surface area contributed by atoms with Crippen LogP contribution >= 0.6 is 0 Å². The fourth-order valence-corrected chi connectivity index (χ4v) is 5.57. The number of carboxylic acids is 1. The number of allylic oxidation sites excluding steroid dienone is 12. The largest absolute Gasteiger partial charge is 0.480 e. The average molecular weight is 699 g/mol. The normalized spacial score (nSPS) is 17.1. The first-order valence-electron chi connectivity index (χ1n) is 17.7. The van der Waals surface area contributed by atoms with Crippen LogP contribution in [-0.2, 0) is 30.5 Å². The van der Waals surface area contributed by atoms with Gasteiger partial charge in [0, 0.05) is 42.6 Å². The predicted octanol–water partition coefficient (Wildman–Crippen LogP) is 6.21. The molecular formula is C40H50N4O7. The van der Waals surface area contributed by atoms with Crippen molar-refractivity contribution in [2.24, 2.45) is 0 Å².